The normalized spacial score (nSPS) is 11.7. The van der Waals surface area contributed by atoms with Crippen LogP contribution in [-0.2, 0) is 12.8 Å². The SMILES string of the molecule is COc1ccc(-n2nc(C(F)(F)F)cc2-c2ccco2)c(CO)c1. The van der Waals surface area contributed by atoms with Gasteiger partial charge in [-0.05, 0) is 30.3 Å². The number of furan rings is 1. The van der Waals surface area contributed by atoms with E-state index in [0.29, 0.717) is 17.0 Å². The van der Waals surface area contributed by atoms with E-state index in [1.54, 1.807) is 12.1 Å². The molecule has 0 fully saturated rings. The zero-order chi connectivity index (χ0) is 17.3. The van der Waals surface area contributed by atoms with Gasteiger partial charge in [-0.25, -0.2) is 4.68 Å². The minimum atomic E-state index is -4.60. The molecule has 24 heavy (non-hydrogen) atoms. The molecule has 126 valence electrons. The first-order valence-electron chi connectivity index (χ1n) is 6.93. The Morgan fingerprint density at radius 3 is 2.62 bits per heavy atom. The summed E-state index contributed by atoms with van der Waals surface area (Å²) in [5.74, 6) is 0.711. The third-order valence-electron chi connectivity index (χ3n) is 3.46. The lowest BCUT2D eigenvalue weighted by Gasteiger charge is -2.12. The van der Waals surface area contributed by atoms with Crippen LogP contribution in [0.4, 0.5) is 13.2 Å². The van der Waals surface area contributed by atoms with Crippen LogP contribution in [0.1, 0.15) is 11.3 Å². The van der Waals surface area contributed by atoms with Crippen LogP contribution in [0.3, 0.4) is 0 Å². The number of methoxy groups -OCH3 is 1. The van der Waals surface area contributed by atoms with Crippen LogP contribution in [-0.4, -0.2) is 22.0 Å². The molecule has 0 bridgehead atoms. The highest BCUT2D eigenvalue weighted by atomic mass is 19.4. The lowest BCUT2D eigenvalue weighted by molar-refractivity contribution is -0.141. The number of hydrogen-bond donors (Lipinski definition) is 1. The van der Waals surface area contributed by atoms with Gasteiger partial charge < -0.3 is 14.3 Å². The average molecular weight is 338 g/mol. The number of aromatic nitrogens is 2. The molecule has 0 saturated heterocycles. The molecule has 0 amide bonds. The maximum absolute atomic E-state index is 13.1. The van der Waals surface area contributed by atoms with Crippen LogP contribution in [0, 0.1) is 0 Å². The van der Waals surface area contributed by atoms with Crippen LogP contribution in [0.5, 0.6) is 5.75 Å². The van der Waals surface area contributed by atoms with Crippen molar-refractivity contribution in [2.75, 3.05) is 7.11 Å². The molecule has 1 N–H and O–H groups in total. The zero-order valence-corrected chi connectivity index (χ0v) is 12.5. The quantitative estimate of drug-likeness (QED) is 0.789. The summed E-state index contributed by atoms with van der Waals surface area (Å²) in [7, 11) is 1.46. The third kappa shape index (κ3) is 2.88. The number of benzene rings is 1. The second kappa shape index (κ2) is 6.04. The molecule has 5 nitrogen and oxygen atoms in total. The van der Waals surface area contributed by atoms with E-state index in [-0.39, 0.29) is 18.1 Å². The van der Waals surface area contributed by atoms with Crippen LogP contribution in [0.25, 0.3) is 17.1 Å². The smallest absolute Gasteiger partial charge is 0.435 e. The molecule has 0 aliphatic heterocycles. The fourth-order valence-electron chi connectivity index (χ4n) is 2.33. The molecular weight excluding hydrogens is 325 g/mol. The van der Waals surface area contributed by atoms with Crippen molar-refractivity contribution in [1.29, 1.82) is 0 Å². The molecule has 1 aromatic carbocycles. The molecule has 8 heteroatoms. The standard InChI is InChI=1S/C16H13F3N2O3/c1-23-11-4-5-12(10(7-11)9-22)21-13(14-3-2-6-24-14)8-15(20-21)16(17,18)19/h2-8,22H,9H2,1H3. The summed E-state index contributed by atoms with van der Waals surface area (Å²) in [5.41, 5.74) is -0.236. The number of halogens is 3. The Morgan fingerprint density at radius 2 is 2.04 bits per heavy atom. The number of nitrogens with zero attached hydrogens (tertiary/aromatic N) is 2. The predicted octanol–water partition coefficient (Wildman–Crippen LogP) is 3.65. The van der Waals surface area contributed by atoms with Crippen LogP contribution < -0.4 is 4.74 Å². The fraction of sp³-hybridized carbons (Fsp3) is 0.188. The van der Waals surface area contributed by atoms with Gasteiger partial charge in [0.05, 0.1) is 25.7 Å². The molecule has 0 aliphatic carbocycles. The topological polar surface area (TPSA) is 60.4 Å². The molecule has 0 unspecified atom stereocenters. The highest BCUT2D eigenvalue weighted by molar-refractivity contribution is 5.59. The van der Waals surface area contributed by atoms with Gasteiger partial charge in [0.15, 0.2) is 11.5 Å². The highest BCUT2D eigenvalue weighted by Gasteiger charge is 2.35. The summed E-state index contributed by atoms with van der Waals surface area (Å²) < 4.78 is 50.6. The Labute approximate surface area is 134 Å². The first-order valence-corrected chi connectivity index (χ1v) is 6.93. The van der Waals surface area contributed by atoms with Gasteiger partial charge in [-0.1, -0.05) is 0 Å². The van der Waals surface area contributed by atoms with E-state index >= 15 is 0 Å². The van der Waals surface area contributed by atoms with E-state index in [4.69, 9.17) is 9.15 Å². The van der Waals surface area contributed by atoms with Crippen LogP contribution >= 0.6 is 0 Å². The van der Waals surface area contributed by atoms with Gasteiger partial charge in [0, 0.05) is 11.6 Å². The number of alkyl halides is 3. The highest BCUT2D eigenvalue weighted by Crippen LogP contribution is 2.34. The van der Waals surface area contributed by atoms with Crippen molar-refractivity contribution >= 4 is 0 Å². The summed E-state index contributed by atoms with van der Waals surface area (Å²) in [4.78, 5) is 0. The average Bonchev–Trinajstić information content (AvgIpc) is 3.22. The van der Waals surface area contributed by atoms with Gasteiger partial charge in [-0.2, -0.15) is 18.3 Å². The number of aliphatic hydroxyl groups excluding tert-OH is 1. The summed E-state index contributed by atoms with van der Waals surface area (Å²) >= 11 is 0. The summed E-state index contributed by atoms with van der Waals surface area (Å²) in [6.07, 6.45) is -3.24. The molecule has 3 rings (SSSR count). The van der Waals surface area contributed by atoms with Crippen molar-refractivity contribution in [3.05, 3.63) is 53.9 Å². The van der Waals surface area contributed by atoms with Crippen molar-refractivity contribution in [2.24, 2.45) is 0 Å². The lowest BCUT2D eigenvalue weighted by atomic mass is 10.1. The Hall–Kier alpha value is -2.74. The van der Waals surface area contributed by atoms with E-state index in [1.165, 1.54) is 31.6 Å². The van der Waals surface area contributed by atoms with Crippen molar-refractivity contribution in [1.82, 2.24) is 9.78 Å². The first-order chi connectivity index (χ1) is 11.4. The molecule has 2 aromatic heterocycles. The van der Waals surface area contributed by atoms with E-state index in [2.05, 4.69) is 5.10 Å². The molecule has 0 saturated carbocycles. The Kier molecular flexibility index (Phi) is 4.06. The van der Waals surface area contributed by atoms with E-state index in [1.807, 2.05) is 0 Å². The third-order valence-corrected chi connectivity index (χ3v) is 3.46. The maximum Gasteiger partial charge on any atom is 0.435 e. The van der Waals surface area contributed by atoms with Crippen molar-refractivity contribution in [3.8, 4) is 22.9 Å². The number of ether oxygens (including phenoxy) is 1. The Bertz CT molecular complexity index is 839. The Morgan fingerprint density at radius 1 is 1.25 bits per heavy atom. The molecule has 0 radical (unpaired) electrons. The fourth-order valence-corrected chi connectivity index (χ4v) is 2.33. The summed E-state index contributed by atoms with van der Waals surface area (Å²) in [6, 6.07) is 8.66. The lowest BCUT2D eigenvalue weighted by Crippen LogP contribution is -2.08. The largest absolute Gasteiger partial charge is 0.497 e. The second-order valence-electron chi connectivity index (χ2n) is 4.95. The van der Waals surface area contributed by atoms with Gasteiger partial charge >= 0.3 is 6.18 Å². The monoisotopic (exact) mass is 338 g/mol. The molecule has 3 aromatic rings. The summed E-state index contributed by atoms with van der Waals surface area (Å²) in [5, 5.41) is 13.2. The van der Waals surface area contributed by atoms with Gasteiger partial charge in [0.1, 0.15) is 11.4 Å². The minimum absolute atomic E-state index is 0.132. The summed E-state index contributed by atoms with van der Waals surface area (Å²) in [6.45, 7) is -0.384. The van der Waals surface area contributed by atoms with Crippen LogP contribution in [0.2, 0.25) is 0 Å². The first kappa shape index (κ1) is 16.1. The molecule has 0 atom stereocenters. The van der Waals surface area contributed by atoms with E-state index < -0.39 is 11.9 Å². The predicted molar refractivity (Wildman–Crippen MR) is 78.7 cm³/mol. The number of rotatable bonds is 4. The number of hydrogen-bond acceptors (Lipinski definition) is 4. The number of aliphatic hydroxyl groups is 1. The molecular formula is C16H13F3N2O3. The van der Waals surface area contributed by atoms with Crippen LogP contribution in [0.15, 0.2) is 47.1 Å². The van der Waals surface area contributed by atoms with Crippen molar-refractivity contribution < 1.29 is 27.4 Å². The zero-order valence-electron chi connectivity index (χ0n) is 12.5. The molecule has 0 aliphatic rings. The van der Waals surface area contributed by atoms with Crippen molar-refractivity contribution in [3.63, 3.8) is 0 Å². The second-order valence-corrected chi connectivity index (χ2v) is 4.95. The van der Waals surface area contributed by atoms with Gasteiger partial charge in [0.25, 0.3) is 0 Å². The van der Waals surface area contributed by atoms with Gasteiger partial charge in [-0.15, -0.1) is 0 Å². The molecule has 2 heterocycles. The Balaban J connectivity index is 2.22. The van der Waals surface area contributed by atoms with Crippen molar-refractivity contribution in [2.45, 2.75) is 12.8 Å². The van der Waals surface area contributed by atoms with Gasteiger partial charge in [-0.3, -0.25) is 0 Å². The van der Waals surface area contributed by atoms with Gasteiger partial charge in [0.2, 0.25) is 0 Å². The maximum atomic E-state index is 13.1. The van der Waals surface area contributed by atoms with E-state index in [0.717, 1.165) is 10.7 Å². The molecule has 0 spiro atoms. The minimum Gasteiger partial charge on any atom is -0.497 e. The van der Waals surface area contributed by atoms with E-state index in [9.17, 15) is 18.3 Å².